The molecular formula is C22H27NO3S. The molecule has 0 aliphatic carbocycles. The fraction of sp³-hybridized carbons (Fsp3) is 0.409. The van der Waals surface area contributed by atoms with Crippen molar-refractivity contribution in [2.45, 2.75) is 29.6 Å². The van der Waals surface area contributed by atoms with Crippen LogP contribution >= 0.6 is 11.8 Å². The van der Waals surface area contributed by atoms with Gasteiger partial charge in [-0.05, 0) is 42.7 Å². The first-order valence-electron chi connectivity index (χ1n) is 9.39. The predicted molar refractivity (Wildman–Crippen MR) is 110 cm³/mol. The van der Waals surface area contributed by atoms with Gasteiger partial charge in [0.15, 0.2) is 0 Å². The first-order valence-corrected chi connectivity index (χ1v) is 10.4. The van der Waals surface area contributed by atoms with E-state index in [1.54, 1.807) is 18.9 Å². The van der Waals surface area contributed by atoms with E-state index in [2.05, 4.69) is 29.6 Å². The summed E-state index contributed by atoms with van der Waals surface area (Å²) in [5.41, 5.74) is 1.18. The second-order valence-corrected chi connectivity index (χ2v) is 7.98. The lowest BCUT2D eigenvalue weighted by atomic mass is 9.74. The van der Waals surface area contributed by atoms with Crippen LogP contribution in [-0.4, -0.2) is 38.5 Å². The van der Waals surface area contributed by atoms with E-state index in [9.17, 15) is 4.79 Å². The van der Waals surface area contributed by atoms with E-state index in [0.717, 1.165) is 37.6 Å². The summed E-state index contributed by atoms with van der Waals surface area (Å²) in [4.78, 5) is 13.6. The number of nitrogens with one attached hydrogen (secondary N) is 1. The molecule has 1 aliphatic heterocycles. The zero-order chi connectivity index (χ0) is 19.0. The van der Waals surface area contributed by atoms with E-state index in [0.29, 0.717) is 13.0 Å². The molecule has 0 bridgehead atoms. The molecule has 27 heavy (non-hydrogen) atoms. The molecule has 0 atom stereocenters. The molecule has 1 heterocycles. The molecule has 0 spiro atoms. The van der Waals surface area contributed by atoms with Gasteiger partial charge in [-0.3, -0.25) is 4.79 Å². The van der Waals surface area contributed by atoms with Gasteiger partial charge in [-0.15, -0.1) is 11.8 Å². The highest BCUT2D eigenvalue weighted by Gasteiger charge is 2.34. The van der Waals surface area contributed by atoms with Gasteiger partial charge in [0.25, 0.3) is 0 Å². The molecule has 5 heteroatoms. The Bertz CT molecular complexity index is 712. The van der Waals surface area contributed by atoms with Gasteiger partial charge < -0.3 is 14.8 Å². The summed E-state index contributed by atoms with van der Waals surface area (Å²) in [7, 11) is 1.67. The average molecular weight is 386 g/mol. The van der Waals surface area contributed by atoms with Crippen LogP contribution in [0.2, 0.25) is 0 Å². The number of amides is 1. The smallest absolute Gasteiger partial charge is 0.220 e. The molecule has 1 aliphatic rings. The fourth-order valence-electron chi connectivity index (χ4n) is 3.41. The Balaban J connectivity index is 1.55. The van der Waals surface area contributed by atoms with Gasteiger partial charge in [0.05, 0.1) is 7.11 Å². The Labute approximate surface area is 165 Å². The van der Waals surface area contributed by atoms with Gasteiger partial charge in [-0.1, -0.05) is 30.3 Å². The van der Waals surface area contributed by atoms with Crippen LogP contribution in [-0.2, 0) is 14.9 Å². The van der Waals surface area contributed by atoms with E-state index >= 15 is 0 Å². The van der Waals surface area contributed by atoms with Crippen LogP contribution in [0.1, 0.15) is 24.8 Å². The van der Waals surface area contributed by atoms with Crippen LogP contribution < -0.4 is 10.1 Å². The Morgan fingerprint density at radius 2 is 1.81 bits per heavy atom. The number of hydrogen-bond acceptors (Lipinski definition) is 4. The second-order valence-electron chi connectivity index (χ2n) is 6.81. The van der Waals surface area contributed by atoms with E-state index in [1.807, 2.05) is 30.3 Å². The van der Waals surface area contributed by atoms with Crippen LogP contribution in [0.5, 0.6) is 5.75 Å². The third-order valence-corrected chi connectivity index (χ3v) is 6.13. The highest BCUT2D eigenvalue weighted by molar-refractivity contribution is 7.99. The summed E-state index contributed by atoms with van der Waals surface area (Å²) < 4.78 is 10.8. The van der Waals surface area contributed by atoms with Crippen LogP contribution in [0, 0.1) is 0 Å². The van der Waals surface area contributed by atoms with Crippen LogP contribution in [0.25, 0.3) is 0 Å². The van der Waals surface area contributed by atoms with Crippen LogP contribution in [0.4, 0.5) is 0 Å². The highest BCUT2D eigenvalue weighted by atomic mass is 32.2. The van der Waals surface area contributed by atoms with Crippen LogP contribution in [0.15, 0.2) is 59.5 Å². The van der Waals surface area contributed by atoms with Gasteiger partial charge in [0.1, 0.15) is 5.75 Å². The Morgan fingerprint density at radius 1 is 1.11 bits per heavy atom. The monoisotopic (exact) mass is 385 g/mol. The Morgan fingerprint density at radius 3 is 2.48 bits per heavy atom. The van der Waals surface area contributed by atoms with Gasteiger partial charge in [-0.2, -0.15) is 0 Å². The molecule has 1 fully saturated rings. The minimum absolute atomic E-state index is 0.0627. The molecule has 2 aromatic rings. The standard InChI is InChI=1S/C22H27NO3S/c1-25-19-9-7-18(8-10-19)22(12-14-26-15-13-22)17-23-21(24)11-16-27-20-5-3-2-4-6-20/h2-10H,11-17H2,1H3,(H,23,24). The molecule has 1 saturated heterocycles. The van der Waals surface area contributed by atoms with E-state index in [-0.39, 0.29) is 11.3 Å². The number of benzene rings is 2. The number of rotatable bonds is 8. The summed E-state index contributed by atoms with van der Waals surface area (Å²) in [6, 6.07) is 18.4. The van der Waals surface area contributed by atoms with Gasteiger partial charge in [0.2, 0.25) is 5.91 Å². The molecule has 0 radical (unpaired) electrons. The van der Waals surface area contributed by atoms with Gasteiger partial charge in [-0.25, -0.2) is 0 Å². The minimum atomic E-state index is -0.0627. The lowest BCUT2D eigenvalue weighted by molar-refractivity contribution is -0.121. The molecule has 1 amide bonds. The Hall–Kier alpha value is -1.98. The van der Waals surface area contributed by atoms with E-state index in [4.69, 9.17) is 9.47 Å². The third kappa shape index (κ3) is 5.50. The predicted octanol–water partition coefficient (Wildman–Crippen LogP) is 4.04. The van der Waals surface area contributed by atoms with Gasteiger partial charge >= 0.3 is 0 Å². The molecule has 3 rings (SSSR count). The maximum absolute atomic E-state index is 12.4. The van der Waals surface area contributed by atoms with Crippen molar-refractivity contribution in [2.24, 2.45) is 0 Å². The topological polar surface area (TPSA) is 47.6 Å². The van der Waals surface area contributed by atoms with Crippen molar-refractivity contribution in [3.05, 3.63) is 60.2 Å². The third-order valence-electron chi connectivity index (χ3n) is 5.12. The molecule has 0 unspecified atom stereocenters. The minimum Gasteiger partial charge on any atom is -0.497 e. The largest absolute Gasteiger partial charge is 0.497 e. The zero-order valence-corrected chi connectivity index (χ0v) is 16.6. The summed E-state index contributed by atoms with van der Waals surface area (Å²) in [5, 5.41) is 3.17. The number of hydrogen-bond donors (Lipinski definition) is 1. The molecule has 0 saturated carbocycles. The summed E-state index contributed by atoms with van der Waals surface area (Å²) in [5.74, 6) is 1.75. The molecule has 1 N–H and O–H groups in total. The second kappa shape index (κ2) is 9.81. The highest BCUT2D eigenvalue weighted by Crippen LogP contribution is 2.35. The van der Waals surface area contributed by atoms with Crippen molar-refractivity contribution >= 4 is 17.7 Å². The lowest BCUT2D eigenvalue weighted by Gasteiger charge is -2.38. The zero-order valence-electron chi connectivity index (χ0n) is 15.8. The fourth-order valence-corrected chi connectivity index (χ4v) is 4.28. The first-order chi connectivity index (χ1) is 13.2. The van der Waals surface area contributed by atoms with E-state index in [1.165, 1.54) is 10.5 Å². The Kier molecular flexibility index (Phi) is 7.18. The summed E-state index contributed by atoms with van der Waals surface area (Å²) in [6.45, 7) is 2.11. The molecule has 0 aromatic heterocycles. The average Bonchev–Trinajstić information content (AvgIpc) is 2.74. The summed E-state index contributed by atoms with van der Waals surface area (Å²) >= 11 is 1.72. The number of ether oxygens (including phenoxy) is 2. The number of thioether (sulfide) groups is 1. The van der Waals surface area contributed by atoms with Crippen molar-refractivity contribution < 1.29 is 14.3 Å². The SMILES string of the molecule is COc1ccc(C2(CNC(=O)CCSc3ccccc3)CCOCC2)cc1. The van der Waals surface area contributed by atoms with Crippen LogP contribution in [0.3, 0.4) is 0 Å². The maximum atomic E-state index is 12.4. The molecule has 144 valence electrons. The van der Waals surface area contributed by atoms with E-state index < -0.39 is 0 Å². The van der Waals surface area contributed by atoms with Crippen molar-refractivity contribution in [1.29, 1.82) is 0 Å². The quantitative estimate of drug-likeness (QED) is 0.697. The normalized spacial score (nSPS) is 15.9. The number of carbonyl (C=O) groups is 1. The molecule has 4 nitrogen and oxygen atoms in total. The number of methoxy groups -OCH3 is 1. The molecule has 2 aromatic carbocycles. The number of carbonyl (C=O) groups excluding carboxylic acids is 1. The summed E-state index contributed by atoms with van der Waals surface area (Å²) in [6.07, 6.45) is 2.35. The molecular weight excluding hydrogens is 358 g/mol. The van der Waals surface area contributed by atoms with Crippen molar-refractivity contribution in [2.75, 3.05) is 32.6 Å². The van der Waals surface area contributed by atoms with Gasteiger partial charge in [0, 0.05) is 42.2 Å². The first kappa shape index (κ1) is 19.8. The van der Waals surface area contributed by atoms with Crippen molar-refractivity contribution in [1.82, 2.24) is 5.32 Å². The maximum Gasteiger partial charge on any atom is 0.220 e. The van der Waals surface area contributed by atoms with Crippen molar-refractivity contribution in [3.63, 3.8) is 0 Å². The van der Waals surface area contributed by atoms with Crippen molar-refractivity contribution in [3.8, 4) is 5.75 Å². The lowest BCUT2D eigenvalue weighted by Crippen LogP contribution is -2.44.